The summed E-state index contributed by atoms with van der Waals surface area (Å²) < 4.78 is 11.7. The van der Waals surface area contributed by atoms with Crippen molar-refractivity contribution < 1.29 is 14.3 Å². The van der Waals surface area contributed by atoms with Crippen molar-refractivity contribution in [1.82, 2.24) is 15.2 Å². The van der Waals surface area contributed by atoms with E-state index < -0.39 is 0 Å². The number of para-hydroxylation sites is 1. The molecular formula is C26H25N3O3S2. The molecule has 174 valence electrons. The SMILES string of the molecule is COc1ccc(/C=C2\SC(=S)NC2=O)cc1-c1nc2ccccc2cc1CCN1CCOCC1. The van der Waals surface area contributed by atoms with Crippen molar-refractivity contribution in [2.45, 2.75) is 6.42 Å². The Morgan fingerprint density at radius 2 is 2.03 bits per heavy atom. The molecule has 1 N–H and O–H groups in total. The highest BCUT2D eigenvalue weighted by Crippen LogP contribution is 2.35. The lowest BCUT2D eigenvalue weighted by atomic mass is 9.98. The number of fused-ring (bicyclic) bond motifs is 1. The first-order chi connectivity index (χ1) is 16.6. The second-order valence-electron chi connectivity index (χ2n) is 8.20. The van der Waals surface area contributed by atoms with Gasteiger partial charge in [-0.1, -0.05) is 48.2 Å². The third-order valence-corrected chi connectivity index (χ3v) is 7.19. The van der Waals surface area contributed by atoms with Crippen molar-refractivity contribution >= 4 is 51.2 Å². The number of aromatic nitrogens is 1. The molecular weight excluding hydrogens is 466 g/mol. The van der Waals surface area contributed by atoms with Crippen LogP contribution >= 0.6 is 24.0 Å². The molecule has 2 aliphatic rings. The second-order valence-corrected chi connectivity index (χ2v) is 9.92. The molecule has 2 fully saturated rings. The van der Waals surface area contributed by atoms with Crippen LogP contribution in [0.2, 0.25) is 0 Å². The fourth-order valence-electron chi connectivity index (χ4n) is 4.26. The molecule has 5 rings (SSSR count). The Morgan fingerprint density at radius 3 is 2.79 bits per heavy atom. The van der Waals surface area contributed by atoms with Gasteiger partial charge < -0.3 is 14.8 Å². The number of amides is 1. The van der Waals surface area contributed by atoms with E-state index in [2.05, 4.69) is 22.3 Å². The fourth-order valence-corrected chi connectivity index (χ4v) is 5.30. The molecule has 34 heavy (non-hydrogen) atoms. The van der Waals surface area contributed by atoms with E-state index >= 15 is 0 Å². The van der Waals surface area contributed by atoms with Gasteiger partial charge in [0, 0.05) is 30.6 Å². The van der Waals surface area contributed by atoms with Crippen LogP contribution in [0.5, 0.6) is 5.75 Å². The predicted octanol–water partition coefficient (Wildman–Crippen LogP) is 4.27. The molecule has 0 radical (unpaired) electrons. The highest BCUT2D eigenvalue weighted by molar-refractivity contribution is 8.26. The minimum absolute atomic E-state index is 0.164. The van der Waals surface area contributed by atoms with E-state index in [-0.39, 0.29) is 5.91 Å². The summed E-state index contributed by atoms with van der Waals surface area (Å²) in [5, 5.41) is 3.79. The second kappa shape index (κ2) is 10.2. The minimum Gasteiger partial charge on any atom is -0.496 e. The molecule has 8 heteroatoms. The minimum atomic E-state index is -0.164. The van der Waals surface area contributed by atoms with E-state index in [0.29, 0.717) is 9.23 Å². The van der Waals surface area contributed by atoms with Crippen LogP contribution < -0.4 is 10.1 Å². The molecule has 3 aromatic rings. The summed E-state index contributed by atoms with van der Waals surface area (Å²) in [6.07, 6.45) is 2.73. The Kier molecular flexibility index (Phi) is 6.92. The number of rotatable bonds is 6. The average Bonchev–Trinajstić information content (AvgIpc) is 3.18. The van der Waals surface area contributed by atoms with E-state index in [1.807, 2.05) is 42.5 Å². The summed E-state index contributed by atoms with van der Waals surface area (Å²) in [4.78, 5) is 20.2. The summed E-state index contributed by atoms with van der Waals surface area (Å²) in [6.45, 7) is 4.40. The van der Waals surface area contributed by atoms with E-state index in [9.17, 15) is 4.79 Å². The average molecular weight is 492 g/mol. The smallest absolute Gasteiger partial charge is 0.263 e. The first kappa shape index (κ1) is 23.0. The third kappa shape index (κ3) is 5.00. The van der Waals surface area contributed by atoms with Gasteiger partial charge in [-0.15, -0.1) is 0 Å². The van der Waals surface area contributed by atoms with Gasteiger partial charge in [-0.3, -0.25) is 9.69 Å². The lowest BCUT2D eigenvalue weighted by Gasteiger charge is -2.27. The van der Waals surface area contributed by atoms with Gasteiger partial charge in [0.05, 0.1) is 36.4 Å². The fraction of sp³-hybridized carbons (Fsp3) is 0.269. The molecule has 2 aromatic carbocycles. The zero-order chi connectivity index (χ0) is 23.5. The molecule has 0 saturated carbocycles. The highest BCUT2D eigenvalue weighted by Gasteiger charge is 2.22. The van der Waals surface area contributed by atoms with Crippen molar-refractivity contribution in [1.29, 1.82) is 0 Å². The Bertz CT molecular complexity index is 1290. The van der Waals surface area contributed by atoms with Gasteiger partial charge in [-0.05, 0) is 47.9 Å². The van der Waals surface area contributed by atoms with Crippen LogP contribution in [0.3, 0.4) is 0 Å². The Balaban J connectivity index is 1.56. The predicted molar refractivity (Wildman–Crippen MR) is 141 cm³/mol. The Morgan fingerprint density at radius 1 is 1.21 bits per heavy atom. The van der Waals surface area contributed by atoms with E-state index in [1.54, 1.807) is 7.11 Å². The number of carbonyl (C=O) groups is 1. The van der Waals surface area contributed by atoms with Gasteiger partial charge >= 0.3 is 0 Å². The maximum absolute atomic E-state index is 12.2. The number of pyridine rings is 1. The lowest BCUT2D eigenvalue weighted by Crippen LogP contribution is -2.37. The van der Waals surface area contributed by atoms with Gasteiger partial charge in [-0.2, -0.15) is 0 Å². The summed E-state index contributed by atoms with van der Waals surface area (Å²) in [6, 6.07) is 16.3. The van der Waals surface area contributed by atoms with Crippen LogP contribution in [0.4, 0.5) is 0 Å². The van der Waals surface area contributed by atoms with Crippen LogP contribution in [0, 0.1) is 0 Å². The molecule has 2 saturated heterocycles. The molecule has 0 bridgehead atoms. The molecule has 0 atom stereocenters. The number of ether oxygens (including phenoxy) is 2. The maximum Gasteiger partial charge on any atom is 0.263 e. The van der Waals surface area contributed by atoms with Crippen LogP contribution in [0.1, 0.15) is 11.1 Å². The summed E-state index contributed by atoms with van der Waals surface area (Å²) in [5.74, 6) is 0.582. The summed E-state index contributed by atoms with van der Waals surface area (Å²) in [5.41, 5.74) is 4.82. The van der Waals surface area contributed by atoms with Crippen LogP contribution in [-0.2, 0) is 16.0 Å². The molecule has 1 aromatic heterocycles. The number of carbonyl (C=O) groups excluding carboxylic acids is 1. The summed E-state index contributed by atoms with van der Waals surface area (Å²) in [7, 11) is 1.67. The summed E-state index contributed by atoms with van der Waals surface area (Å²) >= 11 is 6.40. The number of hydrogen-bond donors (Lipinski definition) is 1. The number of thioether (sulfide) groups is 1. The number of benzene rings is 2. The molecule has 6 nitrogen and oxygen atoms in total. The quantitative estimate of drug-likeness (QED) is 0.408. The topological polar surface area (TPSA) is 63.7 Å². The number of nitrogens with one attached hydrogen (secondary N) is 1. The van der Waals surface area contributed by atoms with E-state index in [1.165, 1.54) is 17.3 Å². The molecule has 2 aliphatic heterocycles. The highest BCUT2D eigenvalue weighted by atomic mass is 32.2. The van der Waals surface area contributed by atoms with Crippen molar-refractivity contribution in [2.75, 3.05) is 40.0 Å². The van der Waals surface area contributed by atoms with Gasteiger partial charge in [0.15, 0.2) is 0 Å². The number of methoxy groups -OCH3 is 1. The molecule has 1 amide bonds. The van der Waals surface area contributed by atoms with Crippen molar-refractivity contribution in [3.05, 3.63) is 64.6 Å². The monoisotopic (exact) mass is 491 g/mol. The number of morpholine rings is 1. The standard InChI is InChI=1S/C26H25N3O3S2/c1-31-22-7-6-17(15-23-25(30)28-26(33)34-23)14-20(22)24-19(8-9-29-10-12-32-13-11-29)16-18-4-2-3-5-21(18)27-24/h2-7,14-16H,8-13H2,1H3,(H,28,30,33)/b23-15-. The van der Waals surface area contributed by atoms with Gasteiger partial charge in [0.1, 0.15) is 10.1 Å². The third-order valence-electron chi connectivity index (χ3n) is 6.02. The zero-order valence-corrected chi connectivity index (χ0v) is 20.5. The maximum atomic E-state index is 12.2. The molecule has 0 aliphatic carbocycles. The molecule has 0 unspecified atom stereocenters. The van der Waals surface area contributed by atoms with E-state index in [0.717, 1.165) is 72.7 Å². The molecule has 0 spiro atoms. The van der Waals surface area contributed by atoms with Gasteiger partial charge in [0.25, 0.3) is 5.91 Å². The van der Waals surface area contributed by atoms with Gasteiger partial charge in [0.2, 0.25) is 0 Å². The first-order valence-electron chi connectivity index (χ1n) is 11.2. The van der Waals surface area contributed by atoms with Crippen LogP contribution in [-0.4, -0.2) is 60.1 Å². The number of hydrogen-bond acceptors (Lipinski definition) is 7. The first-order valence-corrected chi connectivity index (χ1v) is 12.5. The van der Waals surface area contributed by atoms with Crippen molar-refractivity contribution in [2.24, 2.45) is 0 Å². The lowest BCUT2D eigenvalue weighted by molar-refractivity contribution is -0.115. The van der Waals surface area contributed by atoms with Crippen LogP contribution in [0.15, 0.2) is 53.4 Å². The normalized spacial score (nSPS) is 18.0. The Hall–Kier alpha value is -2.78. The zero-order valence-electron chi connectivity index (χ0n) is 18.9. The molecule has 3 heterocycles. The largest absolute Gasteiger partial charge is 0.496 e. The Labute approximate surface area is 208 Å². The van der Waals surface area contributed by atoms with Crippen molar-refractivity contribution in [3.63, 3.8) is 0 Å². The van der Waals surface area contributed by atoms with Crippen LogP contribution in [0.25, 0.3) is 28.2 Å². The number of nitrogens with zero attached hydrogens (tertiary/aromatic N) is 2. The van der Waals surface area contributed by atoms with Gasteiger partial charge in [-0.25, -0.2) is 4.98 Å². The number of thiocarbonyl (C=S) groups is 1. The van der Waals surface area contributed by atoms with E-state index in [4.69, 9.17) is 26.7 Å². The van der Waals surface area contributed by atoms with Crippen molar-refractivity contribution in [3.8, 4) is 17.0 Å².